The number of nitro groups is 1. The predicted molar refractivity (Wildman–Crippen MR) is 61.2 cm³/mol. The third kappa shape index (κ3) is 2.79. The van der Waals surface area contributed by atoms with Gasteiger partial charge in [-0.15, -0.1) is 0 Å². The topological polar surface area (TPSA) is 55.5 Å². The van der Waals surface area contributed by atoms with Gasteiger partial charge in [-0.3, -0.25) is 15.1 Å². The molecule has 0 spiro atoms. The number of nitrogens with zero attached hydrogens (tertiary/aromatic N) is 2. The lowest BCUT2D eigenvalue weighted by Gasteiger charge is -2.12. The molecule has 1 aromatic carbocycles. The van der Waals surface area contributed by atoms with E-state index < -0.39 is 27.4 Å². The second-order valence-corrected chi connectivity index (χ2v) is 3.80. The van der Waals surface area contributed by atoms with Crippen molar-refractivity contribution < 1.29 is 18.1 Å². The average molecular weight is 281 g/mol. The van der Waals surface area contributed by atoms with Crippen LogP contribution in [0.4, 0.5) is 18.9 Å². The summed E-state index contributed by atoms with van der Waals surface area (Å²) in [6.07, 6.45) is -4.76. The predicted octanol–water partition coefficient (Wildman–Crippen LogP) is 3.71. The second kappa shape index (κ2) is 4.93. The minimum absolute atomic E-state index is 0.0966. The zero-order valence-electron chi connectivity index (χ0n) is 9.38. The number of nitro benzene ring substituents is 1. The number of hydrogen-bond acceptors (Lipinski definition) is 3. The van der Waals surface area contributed by atoms with Gasteiger partial charge in [0.25, 0.3) is 5.69 Å². The van der Waals surface area contributed by atoms with E-state index in [4.69, 9.17) is 11.6 Å². The van der Waals surface area contributed by atoms with Crippen molar-refractivity contribution in [2.24, 2.45) is 4.99 Å². The van der Waals surface area contributed by atoms with Crippen LogP contribution in [0.3, 0.4) is 0 Å². The van der Waals surface area contributed by atoms with Crippen LogP contribution >= 0.6 is 11.6 Å². The second-order valence-electron chi connectivity index (χ2n) is 3.42. The van der Waals surface area contributed by atoms with Gasteiger partial charge in [0.05, 0.1) is 15.5 Å². The van der Waals surface area contributed by atoms with Gasteiger partial charge in [-0.05, 0) is 6.92 Å². The van der Waals surface area contributed by atoms with Crippen molar-refractivity contribution in [3.8, 4) is 0 Å². The first-order valence-electron chi connectivity index (χ1n) is 4.67. The summed E-state index contributed by atoms with van der Waals surface area (Å²) in [7, 11) is 1.36. The van der Waals surface area contributed by atoms with Crippen molar-refractivity contribution in [3.05, 3.63) is 38.4 Å². The number of rotatable bonds is 2. The summed E-state index contributed by atoms with van der Waals surface area (Å²) < 4.78 is 38.1. The van der Waals surface area contributed by atoms with Crippen LogP contribution in [0, 0.1) is 10.1 Å². The molecule has 1 rings (SSSR count). The molecule has 0 bridgehead atoms. The molecule has 0 aliphatic carbocycles. The van der Waals surface area contributed by atoms with Crippen LogP contribution < -0.4 is 0 Å². The molecule has 8 heteroatoms. The third-order valence-electron chi connectivity index (χ3n) is 2.30. The van der Waals surface area contributed by atoms with Crippen molar-refractivity contribution in [1.82, 2.24) is 0 Å². The van der Waals surface area contributed by atoms with Crippen molar-refractivity contribution in [1.29, 1.82) is 0 Å². The highest BCUT2D eigenvalue weighted by Gasteiger charge is 2.36. The molecule has 0 aliphatic rings. The quantitative estimate of drug-likeness (QED) is 0.471. The highest BCUT2D eigenvalue weighted by molar-refractivity contribution is 6.35. The van der Waals surface area contributed by atoms with Crippen LogP contribution in [0.2, 0.25) is 5.02 Å². The Morgan fingerprint density at radius 1 is 1.44 bits per heavy atom. The van der Waals surface area contributed by atoms with Gasteiger partial charge in [0.15, 0.2) is 0 Å². The average Bonchev–Trinajstić information content (AvgIpc) is 2.26. The molecule has 0 unspecified atom stereocenters. The summed E-state index contributed by atoms with van der Waals surface area (Å²) in [5.41, 5.74) is -1.82. The van der Waals surface area contributed by atoms with Gasteiger partial charge in [0.1, 0.15) is 0 Å². The standard InChI is InChI=1S/C10H8ClF3N2O2/c1-5(15-2)7-3-6(16(17)18)4-8(9(7)11)10(12,13)14/h3-4H,1-2H3/b15-5-. The summed E-state index contributed by atoms with van der Waals surface area (Å²) in [5.74, 6) is 0. The van der Waals surface area contributed by atoms with E-state index in [-0.39, 0.29) is 11.3 Å². The van der Waals surface area contributed by atoms with E-state index in [1.807, 2.05) is 0 Å². The largest absolute Gasteiger partial charge is 0.418 e. The van der Waals surface area contributed by atoms with Gasteiger partial charge in [-0.1, -0.05) is 11.6 Å². The van der Waals surface area contributed by atoms with Crippen LogP contribution in [0.1, 0.15) is 18.1 Å². The fourth-order valence-corrected chi connectivity index (χ4v) is 1.66. The van der Waals surface area contributed by atoms with Gasteiger partial charge in [0.2, 0.25) is 0 Å². The molecule has 0 saturated heterocycles. The lowest BCUT2D eigenvalue weighted by atomic mass is 10.1. The zero-order chi connectivity index (χ0) is 14.1. The monoisotopic (exact) mass is 280 g/mol. The lowest BCUT2D eigenvalue weighted by Crippen LogP contribution is -2.10. The third-order valence-corrected chi connectivity index (χ3v) is 2.71. The highest BCUT2D eigenvalue weighted by atomic mass is 35.5. The number of aliphatic imine (C=N–C) groups is 1. The van der Waals surface area contributed by atoms with E-state index in [0.29, 0.717) is 6.07 Å². The number of alkyl halides is 3. The van der Waals surface area contributed by atoms with Gasteiger partial charge in [-0.25, -0.2) is 0 Å². The summed E-state index contributed by atoms with van der Waals surface area (Å²) in [6.45, 7) is 1.42. The Morgan fingerprint density at radius 3 is 2.39 bits per heavy atom. The molecule has 0 fully saturated rings. The van der Waals surface area contributed by atoms with Crippen molar-refractivity contribution in [2.45, 2.75) is 13.1 Å². The Hall–Kier alpha value is -1.63. The van der Waals surface area contributed by atoms with Gasteiger partial charge in [-0.2, -0.15) is 13.2 Å². The van der Waals surface area contributed by atoms with Crippen LogP contribution in [0.25, 0.3) is 0 Å². The normalized spacial score (nSPS) is 12.7. The number of halogens is 4. The minimum atomic E-state index is -4.76. The van der Waals surface area contributed by atoms with E-state index >= 15 is 0 Å². The van der Waals surface area contributed by atoms with E-state index in [2.05, 4.69) is 4.99 Å². The number of non-ortho nitro benzene ring substituents is 1. The minimum Gasteiger partial charge on any atom is -0.293 e. The van der Waals surface area contributed by atoms with Crippen molar-refractivity contribution in [3.63, 3.8) is 0 Å². The molecular weight excluding hydrogens is 273 g/mol. The molecule has 0 aromatic heterocycles. The van der Waals surface area contributed by atoms with Gasteiger partial charge < -0.3 is 0 Å². The Kier molecular flexibility index (Phi) is 3.95. The van der Waals surface area contributed by atoms with Crippen LogP contribution in [-0.2, 0) is 6.18 Å². The fraction of sp³-hybridized carbons (Fsp3) is 0.300. The molecule has 4 nitrogen and oxygen atoms in total. The van der Waals surface area contributed by atoms with Crippen molar-refractivity contribution >= 4 is 23.0 Å². The fourth-order valence-electron chi connectivity index (χ4n) is 1.30. The smallest absolute Gasteiger partial charge is 0.293 e. The molecule has 0 atom stereocenters. The Labute approximate surface area is 105 Å². The SMILES string of the molecule is C/N=C(/C)c1cc([N+](=O)[O-])cc(C(F)(F)F)c1Cl. The van der Waals surface area contributed by atoms with E-state index in [1.165, 1.54) is 14.0 Å². The highest BCUT2D eigenvalue weighted by Crippen LogP contribution is 2.39. The van der Waals surface area contributed by atoms with Crippen LogP contribution in [0.15, 0.2) is 17.1 Å². The molecule has 98 valence electrons. The molecular formula is C10H8ClF3N2O2. The maximum absolute atomic E-state index is 12.7. The molecule has 1 aromatic rings. The first-order valence-corrected chi connectivity index (χ1v) is 5.05. The lowest BCUT2D eigenvalue weighted by molar-refractivity contribution is -0.385. The zero-order valence-corrected chi connectivity index (χ0v) is 10.1. The summed E-state index contributed by atoms with van der Waals surface area (Å²) in [5, 5.41) is 10.0. The summed E-state index contributed by atoms with van der Waals surface area (Å²) >= 11 is 5.62. The Bertz CT molecular complexity index is 527. The number of hydrogen-bond donors (Lipinski definition) is 0. The first kappa shape index (κ1) is 14.4. The maximum atomic E-state index is 12.7. The molecule has 0 amide bonds. The van der Waals surface area contributed by atoms with E-state index in [0.717, 1.165) is 6.07 Å². The van der Waals surface area contributed by atoms with Gasteiger partial charge >= 0.3 is 6.18 Å². The van der Waals surface area contributed by atoms with E-state index in [1.54, 1.807) is 0 Å². The molecule has 0 heterocycles. The van der Waals surface area contributed by atoms with Gasteiger partial charge in [0, 0.05) is 30.5 Å². The van der Waals surface area contributed by atoms with E-state index in [9.17, 15) is 23.3 Å². The molecule has 0 saturated carbocycles. The first-order chi connectivity index (χ1) is 8.18. The van der Waals surface area contributed by atoms with Crippen LogP contribution in [0.5, 0.6) is 0 Å². The Morgan fingerprint density at radius 2 is 2.00 bits per heavy atom. The molecule has 18 heavy (non-hydrogen) atoms. The summed E-state index contributed by atoms with van der Waals surface area (Å²) in [4.78, 5) is 13.4. The Balaban J connectivity index is 3.64. The molecule has 0 aliphatic heterocycles. The van der Waals surface area contributed by atoms with Crippen molar-refractivity contribution in [2.75, 3.05) is 7.05 Å². The summed E-state index contributed by atoms with van der Waals surface area (Å²) in [6, 6.07) is 1.38. The molecule has 0 N–H and O–H groups in total. The number of benzene rings is 1. The maximum Gasteiger partial charge on any atom is 0.418 e. The molecule has 0 radical (unpaired) electrons. The van der Waals surface area contributed by atoms with Crippen LogP contribution in [-0.4, -0.2) is 17.7 Å².